The number of pyridine rings is 1. The number of aromatic nitrogens is 1. The monoisotopic (exact) mass is 533 g/mol. The highest BCUT2D eigenvalue weighted by Crippen LogP contribution is 2.44. The van der Waals surface area contributed by atoms with Gasteiger partial charge in [0.25, 0.3) is 0 Å². The van der Waals surface area contributed by atoms with Crippen LogP contribution in [0.1, 0.15) is 0 Å². The van der Waals surface area contributed by atoms with Gasteiger partial charge in [-0.3, -0.25) is 4.98 Å². The summed E-state index contributed by atoms with van der Waals surface area (Å²) in [5.74, 6) is 0. The van der Waals surface area contributed by atoms with Crippen LogP contribution in [0.5, 0.6) is 0 Å². The lowest BCUT2D eigenvalue weighted by molar-refractivity contribution is 1.41. The zero-order chi connectivity index (χ0) is 27.9. The van der Waals surface area contributed by atoms with Gasteiger partial charge in [-0.15, -0.1) is 0 Å². The molecule has 1 nitrogen and oxygen atoms in total. The Morgan fingerprint density at radius 1 is 0.310 bits per heavy atom. The van der Waals surface area contributed by atoms with E-state index in [1.54, 1.807) is 0 Å². The van der Waals surface area contributed by atoms with Crippen molar-refractivity contribution in [3.8, 4) is 44.5 Å². The summed E-state index contributed by atoms with van der Waals surface area (Å²) in [7, 11) is 0. The van der Waals surface area contributed by atoms with E-state index < -0.39 is 0 Å². The molecule has 1 heteroatoms. The van der Waals surface area contributed by atoms with E-state index in [1.807, 2.05) is 12.3 Å². The SMILES string of the molecule is c1ccc(-c2c3ccccc3c(-c3cccc(-c4ccc(-c5cnc6ccccc6c5)cc4)c3)c3ccccc23)cc1. The number of hydrogen-bond donors (Lipinski definition) is 0. The highest BCUT2D eigenvalue weighted by Gasteiger charge is 2.16. The third kappa shape index (κ3) is 4.15. The Labute approximate surface area is 245 Å². The molecule has 8 aromatic rings. The molecule has 196 valence electrons. The largest absolute Gasteiger partial charge is 0.256 e. The Balaban J connectivity index is 1.26. The first-order chi connectivity index (χ1) is 20.8. The van der Waals surface area contributed by atoms with Crippen molar-refractivity contribution in [3.05, 3.63) is 164 Å². The molecule has 0 unspecified atom stereocenters. The standard InChI is InChI=1S/C41H27N/c1-2-11-30(12-3-1)40-35-16-5-7-18-37(35)41(38-19-8-6-17-36(38)40)33-15-10-14-31(25-33)28-21-23-29(24-22-28)34-26-32-13-4-9-20-39(32)42-27-34/h1-27H. The van der Waals surface area contributed by atoms with Gasteiger partial charge in [0.05, 0.1) is 5.52 Å². The third-order valence-electron chi connectivity index (χ3n) is 8.29. The number of benzene rings is 7. The lowest BCUT2D eigenvalue weighted by Gasteiger charge is -2.18. The molecule has 0 saturated carbocycles. The molecule has 42 heavy (non-hydrogen) atoms. The van der Waals surface area contributed by atoms with Crippen molar-refractivity contribution in [1.29, 1.82) is 0 Å². The number of nitrogens with zero attached hydrogens (tertiary/aromatic N) is 1. The average molecular weight is 534 g/mol. The molecule has 0 fully saturated rings. The Bertz CT molecular complexity index is 2170. The van der Waals surface area contributed by atoms with Crippen molar-refractivity contribution >= 4 is 32.4 Å². The molecule has 1 heterocycles. The number of hydrogen-bond acceptors (Lipinski definition) is 1. The minimum atomic E-state index is 1.02. The lowest BCUT2D eigenvalue weighted by Crippen LogP contribution is -1.91. The molecule has 0 saturated heterocycles. The van der Waals surface area contributed by atoms with Crippen molar-refractivity contribution in [3.63, 3.8) is 0 Å². The molecule has 0 radical (unpaired) electrons. The molecule has 0 atom stereocenters. The summed E-state index contributed by atoms with van der Waals surface area (Å²) in [6.45, 7) is 0. The van der Waals surface area contributed by atoms with Crippen LogP contribution in [0.25, 0.3) is 77.0 Å². The Morgan fingerprint density at radius 2 is 0.810 bits per heavy atom. The average Bonchev–Trinajstić information content (AvgIpc) is 3.07. The molecule has 0 N–H and O–H groups in total. The van der Waals surface area contributed by atoms with Crippen LogP contribution in [0, 0.1) is 0 Å². The van der Waals surface area contributed by atoms with Crippen LogP contribution in [-0.2, 0) is 0 Å². The molecule has 0 bridgehead atoms. The molecule has 1 aromatic heterocycles. The van der Waals surface area contributed by atoms with E-state index >= 15 is 0 Å². The fourth-order valence-electron chi connectivity index (χ4n) is 6.29. The van der Waals surface area contributed by atoms with Gasteiger partial charge in [0.15, 0.2) is 0 Å². The second-order valence-electron chi connectivity index (χ2n) is 10.8. The van der Waals surface area contributed by atoms with Gasteiger partial charge in [0.1, 0.15) is 0 Å². The number of rotatable bonds is 4. The summed E-state index contributed by atoms with van der Waals surface area (Å²) in [4.78, 5) is 4.66. The van der Waals surface area contributed by atoms with Crippen LogP contribution in [0.3, 0.4) is 0 Å². The zero-order valence-electron chi connectivity index (χ0n) is 23.0. The van der Waals surface area contributed by atoms with Gasteiger partial charge in [-0.1, -0.05) is 140 Å². The van der Waals surface area contributed by atoms with E-state index in [0.29, 0.717) is 0 Å². The normalized spacial score (nSPS) is 11.3. The summed E-state index contributed by atoms with van der Waals surface area (Å²) in [5, 5.41) is 6.24. The van der Waals surface area contributed by atoms with Gasteiger partial charge in [0.2, 0.25) is 0 Å². The van der Waals surface area contributed by atoms with E-state index in [0.717, 1.165) is 16.5 Å². The van der Waals surface area contributed by atoms with Crippen LogP contribution in [0.15, 0.2) is 164 Å². The molecule has 0 spiro atoms. The molecule has 0 aliphatic heterocycles. The van der Waals surface area contributed by atoms with Crippen LogP contribution in [0.4, 0.5) is 0 Å². The van der Waals surface area contributed by atoms with Gasteiger partial charge in [-0.25, -0.2) is 0 Å². The molecule has 8 rings (SSSR count). The predicted molar refractivity (Wildman–Crippen MR) is 178 cm³/mol. The number of para-hydroxylation sites is 1. The minimum Gasteiger partial charge on any atom is -0.256 e. The zero-order valence-corrected chi connectivity index (χ0v) is 23.0. The second kappa shape index (κ2) is 10.1. The van der Waals surface area contributed by atoms with Crippen LogP contribution >= 0.6 is 0 Å². The highest BCUT2D eigenvalue weighted by molar-refractivity contribution is 6.21. The van der Waals surface area contributed by atoms with Crippen molar-refractivity contribution < 1.29 is 0 Å². The van der Waals surface area contributed by atoms with Crippen molar-refractivity contribution in [2.75, 3.05) is 0 Å². The van der Waals surface area contributed by atoms with Crippen molar-refractivity contribution in [2.24, 2.45) is 0 Å². The van der Waals surface area contributed by atoms with Crippen LogP contribution in [0.2, 0.25) is 0 Å². The van der Waals surface area contributed by atoms with Crippen molar-refractivity contribution in [1.82, 2.24) is 4.98 Å². The van der Waals surface area contributed by atoms with E-state index in [-0.39, 0.29) is 0 Å². The minimum absolute atomic E-state index is 1.02. The Hall–Kier alpha value is -5.53. The summed E-state index contributed by atoms with van der Waals surface area (Å²) in [5.41, 5.74) is 10.8. The Morgan fingerprint density at radius 3 is 1.48 bits per heavy atom. The first-order valence-electron chi connectivity index (χ1n) is 14.4. The van der Waals surface area contributed by atoms with E-state index in [1.165, 1.54) is 60.5 Å². The first kappa shape index (κ1) is 24.3. The summed E-state index contributed by atoms with van der Waals surface area (Å²) >= 11 is 0. The fourth-order valence-corrected chi connectivity index (χ4v) is 6.29. The lowest BCUT2D eigenvalue weighted by atomic mass is 9.85. The first-order valence-corrected chi connectivity index (χ1v) is 14.4. The maximum absolute atomic E-state index is 4.66. The quantitative estimate of drug-likeness (QED) is 0.205. The Kier molecular flexibility index (Phi) is 5.86. The van der Waals surface area contributed by atoms with E-state index in [9.17, 15) is 0 Å². The molecule has 0 amide bonds. The van der Waals surface area contributed by atoms with Crippen LogP contribution in [-0.4, -0.2) is 4.98 Å². The fraction of sp³-hybridized carbons (Fsp3) is 0. The van der Waals surface area contributed by atoms with Gasteiger partial charge in [-0.2, -0.15) is 0 Å². The molecular formula is C41H27N. The smallest absolute Gasteiger partial charge is 0.0702 e. The topological polar surface area (TPSA) is 12.9 Å². The van der Waals surface area contributed by atoms with Gasteiger partial charge in [0, 0.05) is 17.1 Å². The summed E-state index contributed by atoms with van der Waals surface area (Å²) < 4.78 is 0. The van der Waals surface area contributed by atoms with Crippen molar-refractivity contribution in [2.45, 2.75) is 0 Å². The van der Waals surface area contributed by atoms with Gasteiger partial charge < -0.3 is 0 Å². The van der Waals surface area contributed by atoms with Gasteiger partial charge in [-0.05, 0) is 78.7 Å². The summed E-state index contributed by atoms with van der Waals surface area (Å²) in [6.07, 6.45) is 1.97. The maximum Gasteiger partial charge on any atom is 0.0702 e. The molecule has 0 aliphatic carbocycles. The summed E-state index contributed by atoms with van der Waals surface area (Å²) in [6, 6.07) is 56.7. The second-order valence-corrected chi connectivity index (χ2v) is 10.8. The van der Waals surface area contributed by atoms with Crippen LogP contribution < -0.4 is 0 Å². The third-order valence-corrected chi connectivity index (χ3v) is 8.29. The maximum atomic E-state index is 4.66. The van der Waals surface area contributed by atoms with E-state index in [2.05, 4.69) is 157 Å². The van der Waals surface area contributed by atoms with E-state index in [4.69, 9.17) is 0 Å². The molecule has 0 aliphatic rings. The van der Waals surface area contributed by atoms with Gasteiger partial charge >= 0.3 is 0 Å². The highest BCUT2D eigenvalue weighted by atomic mass is 14.6. The molecular weight excluding hydrogens is 506 g/mol. The predicted octanol–water partition coefficient (Wildman–Crippen LogP) is 11.2. The number of fused-ring (bicyclic) bond motifs is 3. The molecule has 7 aromatic carbocycles.